The summed E-state index contributed by atoms with van der Waals surface area (Å²) in [6.45, 7) is 0.261. The Morgan fingerprint density at radius 2 is 1.83 bits per heavy atom. The Hall–Kier alpha value is -2.49. The van der Waals surface area contributed by atoms with E-state index in [4.69, 9.17) is 21.6 Å². The highest BCUT2D eigenvalue weighted by Crippen LogP contribution is 2.23. The molecule has 0 N–H and O–H groups in total. The summed E-state index contributed by atoms with van der Waals surface area (Å²) in [4.78, 5) is 0. The molecule has 0 aliphatic rings. The monoisotopic (exact) mass is 356 g/mol. The van der Waals surface area contributed by atoms with Crippen LogP contribution in [0.4, 0.5) is 0 Å². The third kappa shape index (κ3) is 3.88. The van der Waals surface area contributed by atoms with Gasteiger partial charge in [-0.15, -0.1) is 10.2 Å². The molecule has 1 aromatic heterocycles. The van der Waals surface area contributed by atoms with Crippen LogP contribution in [-0.4, -0.2) is 20.5 Å². The van der Waals surface area contributed by atoms with Crippen LogP contribution in [0.3, 0.4) is 0 Å². The second-order valence-corrected chi connectivity index (χ2v) is 6.14. The van der Waals surface area contributed by atoms with E-state index in [-0.39, 0.29) is 6.61 Å². The van der Waals surface area contributed by atoms with E-state index in [1.807, 2.05) is 34.9 Å². The maximum atomic E-state index is 8.81. The van der Waals surface area contributed by atoms with Gasteiger partial charge >= 0.3 is 0 Å². The van der Waals surface area contributed by atoms with Gasteiger partial charge in [-0.2, -0.15) is 5.26 Å². The first kappa shape index (κ1) is 16.4. The summed E-state index contributed by atoms with van der Waals surface area (Å²) in [6.07, 6.45) is 0. The van der Waals surface area contributed by atoms with Crippen LogP contribution in [-0.2, 0) is 6.61 Å². The number of para-hydroxylation sites is 1. The standard InChI is InChI=1S/C17H13ClN4OS/c18-13-6-8-15(9-7-13)23-12-16-20-21-17(24-11-10-19)22(16)14-4-2-1-3-5-14/h1-9H,11-12H2. The van der Waals surface area contributed by atoms with Crippen molar-refractivity contribution in [1.82, 2.24) is 14.8 Å². The van der Waals surface area contributed by atoms with Crippen molar-refractivity contribution in [3.8, 4) is 17.5 Å². The van der Waals surface area contributed by atoms with Gasteiger partial charge in [-0.05, 0) is 36.4 Å². The summed E-state index contributed by atoms with van der Waals surface area (Å²) in [7, 11) is 0. The number of rotatable bonds is 6. The van der Waals surface area contributed by atoms with Crippen LogP contribution in [0.1, 0.15) is 5.82 Å². The first-order valence-electron chi connectivity index (χ1n) is 7.16. The highest BCUT2D eigenvalue weighted by atomic mass is 35.5. The van der Waals surface area contributed by atoms with Crippen molar-refractivity contribution in [2.45, 2.75) is 11.8 Å². The van der Waals surface area contributed by atoms with Crippen molar-refractivity contribution in [2.24, 2.45) is 0 Å². The predicted molar refractivity (Wildman–Crippen MR) is 93.5 cm³/mol. The number of thioether (sulfide) groups is 1. The average molecular weight is 357 g/mol. The second kappa shape index (κ2) is 7.86. The number of aromatic nitrogens is 3. The predicted octanol–water partition coefficient (Wildman–Crippen LogP) is 4.12. The van der Waals surface area contributed by atoms with E-state index in [2.05, 4.69) is 16.3 Å². The van der Waals surface area contributed by atoms with Crippen molar-refractivity contribution < 1.29 is 4.74 Å². The van der Waals surface area contributed by atoms with Gasteiger partial charge in [0.2, 0.25) is 0 Å². The third-order valence-corrected chi connectivity index (χ3v) is 4.21. The maximum Gasteiger partial charge on any atom is 0.196 e. The molecular formula is C17H13ClN4OS. The lowest BCUT2D eigenvalue weighted by Gasteiger charge is -2.10. The molecule has 24 heavy (non-hydrogen) atoms. The molecule has 5 nitrogen and oxygen atoms in total. The van der Waals surface area contributed by atoms with Crippen molar-refractivity contribution in [2.75, 3.05) is 5.75 Å². The van der Waals surface area contributed by atoms with Crippen LogP contribution in [0.5, 0.6) is 5.75 Å². The SMILES string of the molecule is N#CCSc1nnc(COc2ccc(Cl)cc2)n1-c1ccccc1. The topological polar surface area (TPSA) is 63.7 Å². The Labute approximate surface area is 148 Å². The van der Waals surface area contributed by atoms with E-state index in [1.54, 1.807) is 24.3 Å². The van der Waals surface area contributed by atoms with Gasteiger partial charge in [0.15, 0.2) is 11.0 Å². The fourth-order valence-electron chi connectivity index (χ4n) is 2.10. The summed E-state index contributed by atoms with van der Waals surface area (Å²) >= 11 is 7.22. The zero-order chi connectivity index (χ0) is 16.8. The van der Waals surface area contributed by atoms with E-state index < -0.39 is 0 Å². The van der Waals surface area contributed by atoms with Gasteiger partial charge < -0.3 is 4.74 Å². The Kier molecular flexibility index (Phi) is 5.36. The number of nitrogens with zero attached hydrogens (tertiary/aromatic N) is 4. The van der Waals surface area contributed by atoms with Gasteiger partial charge in [0.25, 0.3) is 0 Å². The summed E-state index contributed by atoms with van der Waals surface area (Å²) < 4.78 is 7.67. The number of halogens is 1. The summed E-state index contributed by atoms with van der Waals surface area (Å²) in [6, 6.07) is 19.0. The van der Waals surface area contributed by atoms with Gasteiger partial charge in [-0.1, -0.05) is 41.6 Å². The van der Waals surface area contributed by atoms with E-state index in [0.29, 0.717) is 27.5 Å². The van der Waals surface area contributed by atoms with Gasteiger partial charge in [0.05, 0.1) is 11.8 Å². The van der Waals surface area contributed by atoms with Crippen LogP contribution in [0.2, 0.25) is 5.02 Å². The van der Waals surface area contributed by atoms with Crippen LogP contribution < -0.4 is 4.74 Å². The van der Waals surface area contributed by atoms with E-state index in [0.717, 1.165) is 5.69 Å². The number of benzene rings is 2. The van der Waals surface area contributed by atoms with Gasteiger partial charge in [-0.3, -0.25) is 4.57 Å². The minimum atomic E-state index is 0.261. The lowest BCUT2D eigenvalue weighted by atomic mass is 10.3. The molecule has 1 heterocycles. The molecule has 0 atom stereocenters. The fourth-order valence-corrected chi connectivity index (χ4v) is 2.86. The first-order valence-corrected chi connectivity index (χ1v) is 8.52. The molecular weight excluding hydrogens is 344 g/mol. The van der Waals surface area contributed by atoms with Crippen LogP contribution in [0.25, 0.3) is 5.69 Å². The first-order chi connectivity index (χ1) is 11.8. The van der Waals surface area contributed by atoms with Crippen molar-refractivity contribution >= 4 is 23.4 Å². The Morgan fingerprint density at radius 3 is 2.54 bits per heavy atom. The molecule has 7 heteroatoms. The molecule has 0 aliphatic carbocycles. The summed E-state index contributed by atoms with van der Waals surface area (Å²) in [5.74, 6) is 1.67. The maximum absolute atomic E-state index is 8.81. The zero-order valence-corrected chi connectivity index (χ0v) is 14.2. The molecule has 0 spiro atoms. The fraction of sp³-hybridized carbons (Fsp3) is 0.118. The average Bonchev–Trinajstić information content (AvgIpc) is 3.03. The number of ether oxygens (including phenoxy) is 1. The smallest absolute Gasteiger partial charge is 0.196 e. The molecule has 0 saturated carbocycles. The van der Waals surface area contributed by atoms with Gasteiger partial charge in [0, 0.05) is 10.7 Å². The van der Waals surface area contributed by atoms with Crippen molar-refractivity contribution in [1.29, 1.82) is 5.26 Å². The number of hydrogen-bond donors (Lipinski definition) is 0. The van der Waals surface area contributed by atoms with Gasteiger partial charge in [0.1, 0.15) is 12.4 Å². The largest absolute Gasteiger partial charge is 0.486 e. The zero-order valence-electron chi connectivity index (χ0n) is 12.6. The quantitative estimate of drug-likeness (QED) is 0.622. The van der Waals surface area contributed by atoms with Crippen LogP contribution >= 0.6 is 23.4 Å². The molecule has 0 radical (unpaired) electrons. The van der Waals surface area contributed by atoms with Gasteiger partial charge in [-0.25, -0.2) is 0 Å². The van der Waals surface area contributed by atoms with E-state index in [9.17, 15) is 0 Å². The molecule has 3 rings (SSSR count). The van der Waals surface area contributed by atoms with Crippen molar-refractivity contribution in [3.63, 3.8) is 0 Å². The van der Waals surface area contributed by atoms with Crippen LogP contribution in [0.15, 0.2) is 59.8 Å². The molecule has 120 valence electrons. The molecule has 0 fully saturated rings. The van der Waals surface area contributed by atoms with E-state index >= 15 is 0 Å². The lowest BCUT2D eigenvalue weighted by molar-refractivity contribution is 0.293. The summed E-state index contributed by atoms with van der Waals surface area (Å²) in [5.41, 5.74) is 0.928. The van der Waals surface area contributed by atoms with E-state index in [1.165, 1.54) is 11.8 Å². The summed E-state index contributed by atoms with van der Waals surface area (Å²) in [5, 5.41) is 18.5. The molecule has 0 bridgehead atoms. The molecule has 0 saturated heterocycles. The lowest BCUT2D eigenvalue weighted by Crippen LogP contribution is -2.06. The van der Waals surface area contributed by atoms with Crippen molar-refractivity contribution in [3.05, 3.63) is 65.4 Å². The molecule has 0 amide bonds. The molecule has 0 unspecified atom stereocenters. The number of hydrogen-bond acceptors (Lipinski definition) is 5. The molecule has 2 aromatic carbocycles. The highest BCUT2D eigenvalue weighted by molar-refractivity contribution is 7.99. The Balaban J connectivity index is 1.85. The normalized spacial score (nSPS) is 10.3. The second-order valence-electron chi connectivity index (χ2n) is 4.76. The number of nitriles is 1. The third-order valence-electron chi connectivity index (χ3n) is 3.16. The minimum absolute atomic E-state index is 0.261. The van der Waals surface area contributed by atoms with Crippen LogP contribution in [0, 0.1) is 11.3 Å². The Morgan fingerprint density at radius 1 is 1.08 bits per heavy atom. The molecule has 3 aromatic rings. The Bertz CT molecular complexity index is 843. The molecule has 0 aliphatic heterocycles. The highest BCUT2D eigenvalue weighted by Gasteiger charge is 2.14. The minimum Gasteiger partial charge on any atom is -0.486 e.